The van der Waals surface area contributed by atoms with Crippen LogP contribution >= 0.6 is 0 Å². The maximum absolute atomic E-state index is 13.8. The van der Waals surface area contributed by atoms with E-state index in [2.05, 4.69) is 20.9 Å². The van der Waals surface area contributed by atoms with E-state index in [0.717, 1.165) is 42.9 Å². The normalized spacial score (nSPS) is 20.4. The van der Waals surface area contributed by atoms with Crippen molar-refractivity contribution in [2.75, 3.05) is 49.9 Å². The van der Waals surface area contributed by atoms with Gasteiger partial charge in [-0.05, 0) is 99.6 Å². The van der Waals surface area contributed by atoms with Crippen molar-refractivity contribution in [2.45, 2.75) is 82.3 Å². The molecule has 4 N–H and O–H groups in total. The van der Waals surface area contributed by atoms with Gasteiger partial charge in [-0.25, -0.2) is 9.59 Å². The van der Waals surface area contributed by atoms with Gasteiger partial charge in [0.05, 0.1) is 12.5 Å². The molecule has 4 heterocycles. The third kappa shape index (κ3) is 8.86. The molecule has 7 rings (SSSR count). The lowest BCUT2D eigenvalue weighted by Crippen LogP contribution is -2.58. The molecule has 0 saturated carbocycles. The third-order valence-electron chi connectivity index (χ3n) is 11.1. The minimum atomic E-state index is -1.02. The molecule has 3 aromatic carbocycles. The highest BCUT2D eigenvalue weighted by molar-refractivity contribution is 5.92. The second-order valence-corrected chi connectivity index (χ2v) is 14.5. The Morgan fingerprint density at radius 3 is 2.17 bits per heavy atom. The van der Waals surface area contributed by atoms with Gasteiger partial charge in [0.1, 0.15) is 17.7 Å². The first-order valence-electron chi connectivity index (χ1n) is 18.9. The summed E-state index contributed by atoms with van der Waals surface area (Å²) in [4.78, 5) is 48.4. The second-order valence-electron chi connectivity index (χ2n) is 14.5. The first-order chi connectivity index (χ1) is 25.4. The number of para-hydroxylation sites is 2. The van der Waals surface area contributed by atoms with Gasteiger partial charge in [-0.1, -0.05) is 42.8 Å². The lowest BCUT2D eigenvalue weighted by atomic mass is 9.98. The van der Waals surface area contributed by atoms with Crippen molar-refractivity contribution in [3.8, 4) is 11.5 Å². The monoisotopic (exact) mass is 709 g/mol. The Hall–Kier alpha value is -4.65. The quantitative estimate of drug-likeness (QED) is 0.214. The number of nitrogens with one attached hydrogen (secondary N) is 3. The van der Waals surface area contributed by atoms with Gasteiger partial charge >= 0.3 is 12.1 Å². The van der Waals surface area contributed by atoms with Crippen molar-refractivity contribution in [3.63, 3.8) is 0 Å². The number of urea groups is 2. The number of aliphatic hydroxyl groups is 1. The van der Waals surface area contributed by atoms with E-state index in [-0.39, 0.29) is 24.4 Å². The molecule has 0 aliphatic carbocycles. The number of ether oxygens (including phenoxy) is 1. The molecule has 3 fully saturated rings. The van der Waals surface area contributed by atoms with E-state index in [1.54, 1.807) is 29.2 Å². The number of piperidine rings is 3. The summed E-state index contributed by atoms with van der Waals surface area (Å²) in [6.45, 7) is 5.23. The first-order valence-corrected chi connectivity index (χ1v) is 18.9. The Kier molecular flexibility index (Phi) is 11.5. The van der Waals surface area contributed by atoms with Crippen LogP contribution in [-0.4, -0.2) is 106 Å². The van der Waals surface area contributed by atoms with Gasteiger partial charge < -0.3 is 40.5 Å². The molecule has 3 saturated heterocycles. The van der Waals surface area contributed by atoms with Gasteiger partial charge in [-0.15, -0.1) is 0 Å². The summed E-state index contributed by atoms with van der Waals surface area (Å²) in [6.07, 6.45) is 5.94. The molecule has 52 heavy (non-hydrogen) atoms. The number of fused-ring (bicyclic) bond motifs is 1. The van der Waals surface area contributed by atoms with Crippen LogP contribution in [0.15, 0.2) is 78.9 Å². The number of benzene rings is 3. The van der Waals surface area contributed by atoms with E-state index in [0.29, 0.717) is 63.0 Å². The minimum Gasteiger partial charge on any atom is -0.457 e. The molecular weight excluding hydrogens is 658 g/mol. The number of nitrogens with zero attached hydrogens (tertiary/aromatic N) is 4. The number of rotatable bonds is 10. The van der Waals surface area contributed by atoms with E-state index in [1.807, 2.05) is 64.4 Å². The molecule has 4 aliphatic rings. The molecule has 276 valence electrons. The molecule has 0 bridgehead atoms. The summed E-state index contributed by atoms with van der Waals surface area (Å²) in [5.74, 6) is 1.23. The van der Waals surface area contributed by atoms with E-state index in [4.69, 9.17) is 4.74 Å². The molecule has 0 aromatic heterocycles. The summed E-state index contributed by atoms with van der Waals surface area (Å²) in [5.41, 5.74) is 2.49. The van der Waals surface area contributed by atoms with Crippen molar-refractivity contribution >= 4 is 29.3 Å². The van der Waals surface area contributed by atoms with Crippen LogP contribution in [0.3, 0.4) is 0 Å². The number of carbonyl (C=O) groups excluding carboxylic acids is 3. The predicted molar refractivity (Wildman–Crippen MR) is 200 cm³/mol. The number of hydrogen-bond donors (Lipinski definition) is 4. The van der Waals surface area contributed by atoms with Gasteiger partial charge in [-0.3, -0.25) is 9.69 Å². The summed E-state index contributed by atoms with van der Waals surface area (Å²) in [7, 11) is 0. The van der Waals surface area contributed by atoms with Gasteiger partial charge in [0.25, 0.3) is 0 Å². The van der Waals surface area contributed by atoms with Gasteiger partial charge in [0.15, 0.2) is 0 Å². The summed E-state index contributed by atoms with van der Waals surface area (Å²) < 4.78 is 5.87. The van der Waals surface area contributed by atoms with Crippen LogP contribution in [0.5, 0.6) is 11.5 Å². The van der Waals surface area contributed by atoms with Gasteiger partial charge in [0, 0.05) is 56.2 Å². The SMILES string of the molecule is O=C(Nc1ccc(Oc2ccccc2)cc1)N[C@@H](CC(=O)N1CCC(N2Cc3ccccc3NC2=O)CC1)[C@H](O)N1CCC(N2CCCCC2)CC1. The fourth-order valence-electron chi connectivity index (χ4n) is 8.11. The lowest BCUT2D eigenvalue weighted by molar-refractivity contribution is -0.135. The van der Waals surface area contributed by atoms with Crippen LogP contribution < -0.4 is 20.7 Å². The Morgan fingerprint density at radius 2 is 1.44 bits per heavy atom. The molecular formula is C40H51N7O5. The summed E-state index contributed by atoms with van der Waals surface area (Å²) in [6, 6.07) is 23.5. The van der Waals surface area contributed by atoms with Crippen molar-refractivity contribution in [1.29, 1.82) is 0 Å². The van der Waals surface area contributed by atoms with Gasteiger partial charge in [0.2, 0.25) is 5.91 Å². The van der Waals surface area contributed by atoms with E-state index < -0.39 is 18.3 Å². The zero-order chi connectivity index (χ0) is 35.9. The largest absolute Gasteiger partial charge is 0.457 e. The number of carbonyl (C=O) groups is 3. The Morgan fingerprint density at radius 1 is 0.788 bits per heavy atom. The summed E-state index contributed by atoms with van der Waals surface area (Å²) in [5, 5.41) is 20.5. The molecule has 0 spiro atoms. The fourth-order valence-corrected chi connectivity index (χ4v) is 8.11. The molecule has 3 aromatic rings. The Labute approximate surface area is 306 Å². The van der Waals surface area contributed by atoms with Crippen molar-refractivity contribution < 1.29 is 24.2 Å². The molecule has 2 atom stereocenters. The number of amides is 5. The molecule has 12 heteroatoms. The van der Waals surface area contributed by atoms with Gasteiger partial charge in [-0.2, -0.15) is 0 Å². The highest BCUT2D eigenvalue weighted by Gasteiger charge is 2.36. The van der Waals surface area contributed by atoms with E-state index in [9.17, 15) is 19.5 Å². The van der Waals surface area contributed by atoms with Crippen molar-refractivity contribution in [3.05, 3.63) is 84.4 Å². The van der Waals surface area contributed by atoms with Crippen LogP contribution in [0.1, 0.15) is 56.9 Å². The van der Waals surface area contributed by atoms with E-state index in [1.165, 1.54) is 19.3 Å². The Balaban J connectivity index is 0.965. The Bertz CT molecular complexity index is 1650. The average Bonchev–Trinajstić information content (AvgIpc) is 3.18. The lowest BCUT2D eigenvalue weighted by Gasteiger charge is -2.43. The molecule has 5 amide bonds. The maximum atomic E-state index is 13.8. The average molecular weight is 710 g/mol. The summed E-state index contributed by atoms with van der Waals surface area (Å²) >= 11 is 0. The fraction of sp³-hybridized carbons (Fsp3) is 0.475. The predicted octanol–water partition coefficient (Wildman–Crippen LogP) is 5.67. The van der Waals surface area contributed by atoms with E-state index >= 15 is 0 Å². The zero-order valence-electron chi connectivity index (χ0n) is 29.8. The number of hydrogen-bond acceptors (Lipinski definition) is 7. The van der Waals surface area contributed by atoms with Crippen molar-refractivity contribution in [2.24, 2.45) is 0 Å². The number of anilines is 2. The highest BCUT2D eigenvalue weighted by atomic mass is 16.5. The number of aliphatic hydroxyl groups excluding tert-OH is 1. The zero-order valence-corrected chi connectivity index (χ0v) is 29.8. The number of likely N-dealkylation sites (tertiary alicyclic amines) is 3. The molecule has 12 nitrogen and oxygen atoms in total. The standard InChI is InChI=1S/C40H51N7O5/c48-37(45-23-19-32(20-24-45)47-28-29-9-5-6-12-35(29)43-40(47)51)27-36(38(49)46-25-17-31(18-26-46)44-21-7-2-8-22-44)42-39(50)41-30-13-15-34(16-14-30)52-33-10-3-1-4-11-33/h1,3-6,9-16,31-32,36,38,49H,2,7-8,17-28H2,(H,43,51)(H2,41,42,50)/t36-,38-/m0/s1. The molecule has 0 unspecified atom stereocenters. The second kappa shape index (κ2) is 16.8. The van der Waals surface area contributed by atoms with Crippen molar-refractivity contribution in [1.82, 2.24) is 24.9 Å². The first kappa shape index (κ1) is 35.7. The minimum absolute atomic E-state index is 0.0216. The topological polar surface area (TPSA) is 130 Å². The van der Waals surface area contributed by atoms with Crippen LogP contribution in [0.2, 0.25) is 0 Å². The van der Waals surface area contributed by atoms with Crippen LogP contribution in [0, 0.1) is 0 Å². The van der Waals surface area contributed by atoms with Crippen LogP contribution in [-0.2, 0) is 11.3 Å². The molecule has 4 aliphatic heterocycles. The third-order valence-corrected chi connectivity index (χ3v) is 11.1. The maximum Gasteiger partial charge on any atom is 0.322 e. The highest BCUT2D eigenvalue weighted by Crippen LogP contribution is 2.29. The molecule has 0 radical (unpaired) electrons. The van der Waals surface area contributed by atoms with Crippen LogP contribution in [0.4, 0.5) is 21.0 Å². The smallest absolute Gasteiger partial charge is 0.322 e. The van der Waals surface area contributed by atoms with Crippen LogP contribution in [0.25, 0.3) is 0 Å².